The van der Waals surface area contributed by atoms with Crippen molar-refractivity contribution in [2.24, 2.45) is 11.1 Å². The molecule has 2 N–H and O–H groups in total. The summed E-state index contributed by atoms with van der Waals surface area (Å²) in [6.45, 7) is 2.39. The molecule has 2 aliphatic rings. The zero-order valence-corrected chi connectivity index (χ0v) is 12.2. The van der Waals surface area contributed by atoms with Crippen LogP contribution in [0.1, 0.15) is 30.0 Å². The summed E-state index contributed by atoms with van der Waals surface area (Å²) in [5.41, 5.74) is 11.6. The van der Waals surface area contributed by atoms with E-state index in [0.29, 0.717) is 0 Å². The van der Waals surface area contributed by atoms with E-state index in [1.165, 1.54) is 28.7 Å². The number of nitrogens with two attached hydrogens (primary N) is 1. The van der Waals surface area contributed by atoms with Crippen molar-refractivity contribution in [2.75, 3.05) is 0 Å². The minimum Gasteiger partial charge on any atom is -0.405 e. The minimum absolute atomic E-state index is 0.217. The summed E-state index contributed by atoms with van der Waals surface area (Å²) in [6.07, 6.45) is 7.32. The van der Waals surface area contributed by atoms with Gasteiger partial charge in [-0.2, -0.15) is 0 Å². The molecule has 4 rings (SSSR count). The van der Waals surface area contributed by atoms with E-state index in [1.54, 1.807) is 6.20 Å². The fourth-order valence-electron chi connectivity index (χ4n) is 4.03. The highest BCUT2D eigenvalue weighted by Crippen LogP contribution is 2.79. The van der Waals surface area contributed by atoms with Gasteiger partial charge in [0, 0.05) is 10.8 Å². The molecule has 2 aliphatic carbocycles. The lowest BCUT2D eigenvalue weighted by Gasteiger charge is -2.34. The SMILES string of the molecule is CC12C[C@@]1(c1ccccc1/C=C\N)C=C2c1ccccc1. The van der Waals surface area contributed by atoms with E-state index >= 15 is 0 Å². The van der Waals surface area contributed by atoms with Crippen molar-refractivity contribution in [1.82, 2.24) is 0 Å². The number of allylic oxidation sites excluding steroid dienone is 2. The Morgan fingerprint density at radius 1 is 1.00 bits per heavy atom. The molecule has 0 aromatic heterocycles. The van der Waals surface area contributed by atoms with Crippen LogP contribution < -0.4 is 5.73 Å². The van der Waals surface area contributed by atoms with Crippen molar-refractivity contribution in [2.45, 2.75) is 18.8 Å². The van der Waals surface area contributed by atoms with Gasteiger partial charge in [-0.05, 0) is 41.0 Å². The van der Waals surface area contributed by atoms with Gasteiger partial charge < -0.3 is 5.73 Å². The summed E-state index contributed by atoms with van der Waals surface area (Å²) >= 11 is 0. The van der Waals surface area contributed by atoms with E-state index in [0.717, 1.165) is 0 Å². The van der Waals surface area contributed by atoms with Crippen LogP contribution in [0, 0.1) is 5.41 Å². The van der Waals surface area contributed by atoms with E-state index in [-0.39, 0.29) is 10.8 Å². The minimum atomic E-state index is 0.217. The second kappa shape index (κ2) is 4.11. The van der Waals surface area contributed by atoms with Gasteiger partial charge in [-0.3, -0.25) is 0 Å². The lowest BCUT2D eigenvalue weighted by atomic mass is 9.69. The number of hydrogen-bond donors (Lipinski definition) is 1. The maximum absolute atomic E-state index is 5.60. The molecular formula is C20H19N. The van der Waals surface area contributed by atoms with Gasteiger partial charge in [0.25, 0.3) is 0 Å². The molecule has 2 aromatic rings. The summed E-state index contributed by atoms with van der Waals surface area (Å²) in [6, 6.07) is 19.3. The van der Waals surface area contributed by atoms with Crippen molar-refractivity contribution in [3.63, 3.8) is 0 Å². The fraction of sp³-hybridized carbons (Fsp3) is 0.200. The first kappa shape index (κ1) is 12.5. The zero-order chi connectivity index (χ0) is 14.5. The van der Waals surface area contributed by atoms with Gasteiger partial charge in [-0.15, -0.1) is 0 Å². The Morgan fingerprint density at radius 2 is 1.71 bits per heavy atom. The maximum atomic E-state index is 5.60. The first-order valence-electron chi connectivity index (χ1n) is 7.48. The topological polar surface area (TPSA) is 26.0 Å². The van der Waals surface area contributed by atoms with Gasteiger partial charge in [0.05, 0.1) is 0 Å². The summed E-state index contributed by atoms with van der Waals surface area (Å²) < 4.78 is 0. The van der Waals surface area contributed by atoms with Gasteiger partial charge in [0.1, 0.15) is 0 Å². The summed E-state index contributed by atoms with van der Waals surface area (Å²) in [7, 11) is 0. The molecule has 21 heavy (non-hydrogen) atoms. The smallest absolute Gasteiger partial charge is 0.0247 e. The van der Waals surface area contributed by atoms with Gasteiger partial charge in [0.15, 0.2) is 0 Å². The third-order valence-electron chi connectivity index (χ3n) is 5.28. The average molecular weight is 273 g/mol. The van der Waals surface area contributed by atoms with Crippen LogP contribution in [0.15, 0.2) is 66.9 Å². The van der Waals surface area contributed by atoms with Crippen LogP contribution in [0.2, 0.25) is 0 Å². The van der Waals surface area contributed by atoms with Crippen molar-refractivity contribution in [3.05, 3.63) is 83.6 Å². The first-order valence-corrected chi connectivity index (χ1v) is 7.48. The van der Waals surface area contributed by atoms with Crippen molar-refractivity contribution < 1.29 is 0 Å². The quantitative estimate of drug-likeness (QED) is 0.883. The summed E-state index contributed by atoms with van der Waals surface area (Å²) in [5, 5.41) is 0. The van der Waals surface area contributed by atoms with Crippen LogP contribution in [-0.2, 0) is 5.41 Å². The highest BCUT2D eigenvalue weighted by Gasteiger charge is 2.72. The molecule has 0 aliphatic heterocycles. The van der Waals surface area contributed by atoms with E-state index in [1.807, 2.05) is 6.08 Å². The van der Waals surface area contributed by atoms with E-state index in [4.69, 9.17) is 5.73 Å². The molecule has 2 aromatic carbocycles. The van der Waals surface area contributed by atoms with Crippen LogP contribution >= 0.6 is 0 Å². The Kier molecular flexibility index (Phi) is 2.44. The molecule has 0 heterocycles. The molecule has 0 spiro atoms. The highest BCUT2D eigenvalue weighted by atomic mass is 14.7. The van der Waals surface area contributed by atoms with Crippen LogP contribution in [0.25, 0.3) is 11.6 Å². The van der Waals surface area contributed by atoms with Gasteiger partial charge in [-0.25, -0.2) is 0 Å². The largest absolute Gasteiger partial charge is 0.405 e. The normalized spacial score (nSPS) is 29.7. The molecule has 1 unspecified atom stereocenters. The van der Waals surface area contributed by atoms with Gasteiger partial charge in [0.2, 0.25) is 0 Å². The lowest BCUT2D eigenvalue weighted by molar-refractivity contribution is 0.601. The van der Waals surface area contributed by atoms with Crippen LogP contribution in [-0.4, -0.2) is 0 Å². The van der Waals surface area contributed by atoms with Crippen LogP contribution in [0.4, 0.5) is 0 Å². The van der Waals surface area contributed by atoms with Crippen molar-refractivity contribution in [3.8, 4) is 0 Å². The average Bonchev–Trinajstić information content (AvgIpc) is 2.99. The number of fused-ring (bicyclic) bond motifs is 1. The molecule has 0 bridgehead atoms. The Bertz CT molecular complexity index is 756. The molecule has 0 amide bonds. The molecule has 1 nitrogen and oxygen atoms in total. The van der Waals surface area contributed by atoms with Gasteiger partial charge in [-0.1, -0.05) is 67.6 Å². The Labute approximate surface area is 125 Å². The van der Waals surface area contributed by atoms with Crippen molar-refractivity contribution >= 4 is 11.6 Å². The Hall–Kier alpha value is -2.28. The molecule has 1 heteroatoms. The van der Waals surface area contributed by atoms with E-state index in [9.17, 15) is 0 Å². The second-order valence-electron chi connectivity index (χ2n) is 6.35. The van der Waals surface area contributed by atoms with Crippen LogP contribution in [0.3, 0.4) is 0 Å². The molecule has 104 valence electrons. The summed E-state index contributed by atoms with van der Waals surface area (Å²) in [5.74, 6) is 0. The van der Waals surface area contributed by atoms with Crippen LogP contribution in [0.5, 0.6) is 0 Å². The number of hydrogen-bond acceptors (Lipinski definition) is 1. The molecule has 1 fully saturated rings. The number of benzene rings is 2. The molecule has 2 atom stereocenters. The van der Waals surface area contributed by atoms with E-state index < -0.39 is 0 Å². The Balaban J connectivity index is 1.79. The predicted molar refractivity (Wildman–Crippen MR) is 88.5 cm³/mol. The first-order chi connectivity index (χ1) is 10.2. The second-order valence-corrected chi connectivity index (χ2v) is 6.35. The fourth-order valence-corrected chi connectivity index (χ4v) is 4.03. The molecule has 0 radical (unpaired) electrons. The number of rotatable bonds is 3. The molecule has 0 saturated heterocycles. The van der Waals surface area contributed by atoms with Crippen molar-refractivity contribution in [1.29, 1.82) is 0 Å². The predicted octanol–water partition coefficient (Wildman–Crippen LogP) is 4.36. The zero-order valence-electron chi connectivity index (χ0n) is 12.2. The van der Waals surface area contributed by atoms with E-state index in [2.05, 4.69) is 67.6 Å². The highest BCUT2D eigenvalue weighted by molar-refractivity contribution is 5.88. The molecule has 1 saturated carbocycles. The third kappa shape index (κ3) is 1.52. The maximum Gasteiger partial charge on any atom is 0.0247 e. The lowest BCUT2D eigenvalue weighted by Crippen LogP contribution is -2.25. The third-order valence-corrected chi connectivity index (χ3v) is 5.28. The standard InChI is InChI=1S/C20H19N/c1-19-14-20(19,13-18(19)15-7-3-2-4-8-15)17-10-6-5-9-16(17)11-12-21/h2-13H,14,21H2,1H3/b12-11-/t19?,20-/m1/s1. The monoisotopic (exact) mass is 273 g/mol. The molecular weight excluding hydrogens is 254 g/mol. The Morgan fingerprint density at radius 3 is 2.43 bits per heavy atom. The summed E-state index contributed by atoms with van der Waals surface area (Å²) in [4.78, 5) is 0. The van der Waals surface area contributed by atoms with Gasteiger partial charge >= 0.3 is 0 Å².